The van der Waals surface area contributed by atoms with E-state index in [2.05, 4.69) is 6.92 Å². The smallest absolute Gasteiger partial charge is 0.389 e. The summed E-state index contributed by atoms with van der Waals surface area (Å²) in [5.74, 6) is 0.609. The molecular formula is C31H55F3O4S. The Kier molecular flexibility index (Phi) is 18.8. The number of Topliss-reactive ketones (excluding diaryl/α,β-unsaturated/α-hetero) is 1. The van der Waals surface area contributed by atoms with Crippen LogP contribution in [0.3, 0.4) is 0 Å². The molecule has 1 aliphatic carbocycles. The molecular weight excluding hydrogens is 525 g/mol. The van der Waals surface area contributed by atoms with Crippen molar-refractivity contribution in [3.63, 3.8) is 0 Å². The van der Waals surface area contributed by atoms with E-state index in [1.54, 1.807) is 11.8 Å². The first-order valence-corrected chi connectivity index (χ1v) is 16.6. The molecule has 0 aromatic carbocycles. The molecule has 1 N–H and O–H groups in total. The lowest BCUT2D eigenvalue weighted by atomic mass is 9.82. The third kappa shape index (κ3) is 17.6. The Bertz CT molecular complexity index is 669. The highest BCUT2D eigenvalue weighted by Gasteiger charge is 2.36. The number of halogens is 3. The van der Waals surface area contributed by atoms with Crippen LogP contribution in [0.4, 0.5) is 13.2 Å². The van der Waals surface area contributed by atoms with Gasteiger partial charge < -0.3 is 9.84 Å². The zero-order valence-corrected chi connectivity index (χ0v) is 25.6. The molecule has 230 valence electrons. The minimum absolute atomic E-state index is 0.00727. The average Bonchev–Trinajstić information content (AvgIpc) is 3.21. The van der Waals surface area contributed by atoms with Gasteiger partial charge in [-0.1, -0.05) is 85.0 Å². The van der Waals surface area contributed by atoms with Gasteiger partial charge in [0.25, 0.3) is 0 Å². The molecule has 8 heteroatoms. The van der Waals surface area contributed by atoms with Crippen LogP contribution in [-0.4, -0.2) is 46.7 Å². The van der Waals surface area contributed by atoms with E-state index in [0.717, 1.165) is 51.4 Å². The monoisotopic (exact) mass is 580 g/mol. The molecule has 1 fully saturated rings. The Balaban J connectivity index is 2.14. The van der Waals surface area contributed by atoms with Crippen molar-refractivity contribution in [3.05, 3.63) is 0 Å². The summed E-state index contributed by atoms with van der Waals surface area (Å²) in [6.07, 6.45) is 10.7. The number of alkyl halides is 3. The fourth-order valence-electron chi connectivity index (χ4n) is 5.26. The maximum atomic E-state index is 12.5. The highest BCUT2D eigenvalue weighted by molar-refractivity contribution is 8.00. The molecule has 0 aromatic rings. The maximum Gasteiger partial charge on any atom is 0.389 e. The molecule has 1 rings (SSSR count). The molecule has 0 aliphatic heterocycles. The zero-order chi connectivity index (χ0) is 29.2. The molecule has 1 aliphatic rings. The predicted molar refractivity (Wildman–Crippen MR) is 155 cm³/mol. The van der Waals surface area contributed by atoms with Crippen molar-refractivity contribution in [2.45, 2.75) is 160 Å². The number of thioether (sulfide) groups is 1. The summed E-state index contributed by atoms with van der Waals surface area (Å²) in [4.78, 5) is 24.4. The van der Waals surface area contributed by atoms with Crippen LogP contribution >= 0.6 is 11.8 Å². The predicted octanol–water partition coefficient (Wildman–Crippen LogP) is 9.21. The Labute approximate surface area is 240 Å². The fourth-order valence-corrected chi connectivity index (χ4v) is 6.94. The summed E-state index contributed by atoms with van der Waals surface area (Å²) in [6, 6.07) is 0. The van der Waals surface area contributed by atoms with Crippen molar-refractivity contribution in [2.24, 2.45) is 11.3 Å². The second kappa shape index (κ2) is 20.2. The Morgan fingerprint density at radius 1 is 0.949 bits per heavy atom. The molecule has 0 heterocycles. The number of ether oxygens (including phenoxy) is 1. The largest absolute Gasteiger partial charge is 0.466 e. The minimum Gasteiger partial charge on any atom is -0.466 e. The lowest BCUT2D eigenvalue weighted by Crippen LogP contribution is -2.33. The van der Waals surface area contributed by atoms with Crippen LogP contribution in [-0.2, 0) is 14.3 Å². The van der Waals surface area contributed by atoms with Gasteiger partial charge in [-0.25, -0.2) is 0 Å². The number of esters is 1. The van der Waals surface area contributed by atoms with Gasteiger partial charge in [-0.15, -0.1) is 0 Å². The van der Waals surface area contributed by atoms with Crippen LogP contribution in [0.1, 0.15) is 143 Å². The maximum absolute atomic E-state index is 12.5. The molecule has 0 amide bonds. The van der Waals surface area contributed by atoms with E-state index < -0.39 is 24.1 Å². The topological polar surface area (TPSA) is 63.6 Å². The van der Waals surface area contributed by atoms with Crippen LogP contribution in [0, 0.1) is 11.3 Å². The average molecular weight is 581 g/mol. The lowest BCUT2D eigenvalue weighted by Gasteiger charge is -2.31. The normalized spacial score (nSPS) is 19.0. The first-order valence-electron chi connectivity index (χ1n) is 15.5. The molecule has 0 radical (unpaired) electrons. The number of ketones is 1. The van der Waals surface area contributed by atoms with Gasteiger partial charge in [-0.05, 0) is 43.9 Å². The van der Waals surface area contributed by atoms with Crippen LogP contribution in [0.15, 0.2) is 0 Å². The van der Waals surface area contributed by atoms with Gasteiger partial charge in [0.1, 0.15) is 5.78 Å². The summed E-state index contributed by atoms with van der Waals surface area (Å²) >= 11 is 1.60. The van der Waals surface area contributed by atoms with Gasteiger partial charge in [0.05, 0.1) is 12.7 Å². The van der Waals surface area contributed by atoms with E-state index in [1.807, 2.05) is 13.8 Å². The van der Waals surface area contributed by atoms with Crippen molar-refractivity contribution < 1.29 is 32.6 Å². The van der Waals surface area contributed by atoms with E-state index in [4.69, 9.17) is 4.74 Å². The van der Waals surface area contributed by atoms with Crippen LogP contribution in [0.25, 0.3) is 0 Å². The molecule has 3 atom stereocenters. The number of rotatable bonds is 23. The minimum atomic E-state index is -4.16. The lowest BCUT2D eigenvalue weighted by molar-refractivity contribution is -0.144. The number of hydrogen-bond acceptors (Lipinski definition) is 5. The molecule has 0 spiro atoms. The molecule has 0 bridgehead atoms. The van der Waals surface area contributed by atoms with Crippen molar-refractivity contribution in [1.29, 1.82) is 0 Å². The van der Waals surface area contributed by atoms with Gasteiger partial charge in [-0.2, -0.15) is 24.9 Å². The molecule has 39 heavy (non-hydrogen) atoms. The van der Waals surface area contributed by atoms with E-state index in [-0.39, 0.29) is 29.3 Å². The number of aliphatic hydroxyl groups excluding tert-OH is 1. The summed E-state index contributed by atoms with van der Waals surface area (Å²) < 4.78 is 42.7. The van der Waals surface area contributed by atoms with Crippen LogP contribution < -0.4 is 0 Å². The standard InChI is InChI=1S/C31H55F3O4S/c1-4-5-6-7-8-9-12-15-23-38-29(37)18-14-11-10-13-17-25-26(35)19-20-27(25)39-24-28(36)30(2,3)21-16-22-31(32,33)34/h25,27-28,36H,4-24H2,1-3H3. The highest BCUT2D eigenvalue weighted by atomic mass is 32.2. The molecule has 0 aromatic heterocycles. The fraction of sp³-hybridized carbons (Fsp3) is 0.935. The SMILES string of the molecule is CCCCCCCCCCOC(=O)CCCCCCC1C(=O)CCC1SCC(O)C(C)(C)CCCC(F)(F)F. The van der Waals surface area contributed by atoms with Crippen molar-refractivity contribution in [1.82, 2.24) is 0 Å². The number of carbonyl (C=O) groups excluding carboxylic acids is 2. The Hall–Kier alpha value is -0.760. The van der Waals surface area contributed by atoms with Gasteiger partial charge in [0.15, 0.2) is 0 Å². The molecule has 0 saturated heterocycles. The van der Waals surface area contributed by atoms with E-state index in [9.17, 15) is 27.9 Å². The third-order valence-electron chi connectivity index (χ3n) is 8.10. The second-order valence-electron chi connectivity index (χ2n) is 12.1. The summed E-state index contributed by atoms with van der Waals surface area (Å²) in [5.41, 5.74) is -0.592. The quantitative estimate of drug-likeness (QED) is 0.0964. The number of unbranched alkanes of at least 4 members (excludes halogenated alkanes) is 10. The van der Waals surface area contributed by atoms with Gasteiger partial charge >= 0.3 is 12.1 Å². The highest BCUT2D eigenvalue weighted by Crippen LogP contribution is 2.39. The summed E-state index contributed by atoms with van der Waals surface area (Å²) in [5, 5.41) is 10.8. The number of carbonyl (C=O) groups is 2. The molecule has 4 nitrogen and oxygen atoms in total. The van der Waals surface area contributed by atoms with Gasteiger partial charge in [-0.3, -0.25) is 9.59 Å². The van der Waals surface area contributed by atoms with E-state index >= 15 is 0 Å². The molecule has 1 saturated carbocycles. The Morgan fingerprint density at radius 2 is 1.56 bits per heavy atom. The van der Waals surface area contributed by atoms with E-state index in [1.165, 1.54) is 38.5 Å². The van der Waals surface area contributed by atoms with Crippen molar-refractivity contribution in [2.75, 3.05) is 12.4 Å². The van der Waals surface area contributed by atoms with Crippen molar-refractivity contribution in [3.8, 4) is 0 Å². The Morgan fingerprint density at radius 3 is 2.23 bits per heavy atom. The first kappa shape index (κ1) is 36.3. The summed E-state index contributed by atoms with van der Waals surface area (Å²) in [7, 11) is 0. The second-order valence-corrected chi connectivity index (χ2v) is 13.4. The van der Waals surface area contributed by atoms with Crippen LogP contribution in [0.5, 0.6) is 0 Å². The van der Waals surface area contributed by atoms with Gasteiger partial charge in [0, 0.05) is 36.2 Å². The molecule has 3 unspecified atom stereocenters. The third-order valence-corrected chi connectivity index (χ3v) is 9.60. The summed E-state index contributed by atoms with van der Waals surface area (Å²) in [6.45, 7) is 6.38. The zero-order valence-electron chi connectivity index (χ0n) is 24.8. The van der Waals surface area contributed by atoms with Crippen molar-refractivity contribution >= 4 is 23.5 Å². The number of hydrogen-bond donors (Lipinski definition) is 1. The van der Waals surface area contributed by atoms with E-state index in [0.29, 0.717) is 31.6 Å². The first-order chi connectivity index (χ1) is 18.5. The van der Waals surface area contributed by atoms with Crippen LogP contribution in [0.2, 0.25) is 0 Å². The number of aliphatic hydroxyl groups is 1. The van der Waals surface area contributed by atoms with Gasteiger partial charge in [0.2, 0.25) is 0 Å².